The van der Waals surface area contributed by atoms with E-state index in [1.807, 2.05) is 0 Å². The fourth-order valence-corrected chi connectivity index (χ4v) is 4.41. The first kappa shape index (κ1) is 18.0. The minimum atomic E-state index is -2.56. The fourth-order valence-electron chi connectivity index (χ4n) is 4.41. The van der Waals surface area contributed by atoms with Crippen molar-refractivity contribution in [2.75, 3.05) is 0 Å². The average Bonchev–Trinajstić information content (AvgIpc) is 2.62. The molecule has 0 spiro atoms. The number of aromatic hydroxyl groups is 2. The first-order chi connectivity index (χ1) is 13.1. The van der Waals surface area contributed by atoms with Crippen molar-refractivity contribution in [3.05, 3.63) is 46.2 Å². The molecule has 1 amide bonds. The smallest absolute Gasteiger partial charge is 0.255 e. The van der Waals surface area contributed by atoms with Gasteiger partial charge < -0.3 is 26.2 Å². The van der Waals surface area contributed by atoms with E-state index in [9.17, 15) is 34.8 Å². The summed E-state index contributed by atoms with van der Waals surface area (Å²) in [7, 11) is 0. The largest absolute Gasteiger partial charge is 0.508 e. The van der Waals surface area contributed by atoms with E-state index in [2.05, 4.69) is 0 Å². The zero-order chi connectivity index (χ0) is 20.5. The highest BCUT2D eigenvalue weighted by atomic mass is 16.3. The number of nitrogens with two attached hydrogens (primary N) is 1. The van der Waals surface area contributed by atoms with E-state index >= 15 is 0 Å². The van der Waals surface area contributed by atoms with Gasteiger partial charge in [-0.1, -0.05) is 12.1 Å². The number of amides is 1. The molecule has 2 aromatic rings. The van der Waals surface area contributed by atoms with Crippen molar-refractivity contribution in [1.82, 2.24) is 0 Å². The summed E-state index contributed by atoms with van der Waals surface area (Å²) in [4.78, 5) is 37.0. The maximum absolute atomic E-state index is 13.2. The molecule has 0 aromatic heterocycles. The summed E-state index contributed by atoms with van der Waals surface area (Å²) in [5.41, 5.74) is 2.53. The van der Waals surface area contributed by atoms with Gasteiger partial charge in [0.25, 0.3) is 5.91 Å². The van der Waals surface area contributed by atoms with Gasteiger partial charge >= 0.3 is 0 Å². The Hall–Kier alpha value is -3.39. The van der Waals surface area contributed by atoms with Gasteiger partial charge in [-0.25, -0.2) is 0 Å². The number of hydrogen-bond donors (Lipinski definition) is 5. The van der Waals surface area contributed by atoms with Crippen LogP contribution in [0.5, 0.6) is 11.5 Å². The van der Waals surface area contributed by atoms with Crippen molar-refractivity contribution in [3.8, 4) is 11.5 Å². The lowest BCUT2D eigenvalue weighted by atomic mass is 9.63. The molecule has 0 unspecified atom stereocenters. The second-order valence-electron chi connectivity index (χ2n) is 7.24. The molecule has 6 N–H and O–H groups in total. The third-order valence-corrected chi connectivity index (χ3v) is 5.84. The summed E-state index contributed by atoms with van der Waals surface area (Å²) in [6.45, 7) is 1.70. The van der Waals surface area contributed by atoms with E-state index in [0.29, 0.717) is 16.5 Å². The number of ketones is 2. The van der Waals surface area contributed by atoms with Gasteiger partial charge in [-0.15, -0.1) is 0 Å². The molecule has 2 aliphatic rings. The van der Waals surface area contributed by atoms with Crippen LogP contribution >= 0.6 is 0 Å². The highest BCUT2D eigenvalue weighted by Gasteiger charge is 2.58. The zero-order valence-corrected chi connectivity index (χ0v) is 14.8. The summed E-state index contributed by atoms with van der Waals surface area (Å²) in [6, 6.07) is 4.61. The first-order valence-electron chi connectivity index (χ1n) is 8.60. The standard InChI is InChI=1S/C20H17NO7/c1-7-9-3-2-4-11(22)13(9)16(24)14-10(7)5-8-6-12(23)15(19(21)27)18(26)20(8,28)17(14)25/h2-4,8,22,24,26,28H,5-6H2,1H3,(H2,21,27)/t8-,20+/m0/s1. The number of Topliss-reactive ketones (excluding diaryl/α,β-unsaturated/α-hetero) is 2. The SMILES string of the molecule is Cc1c2c(c(O)c3c(O)cccc13)C(=O)[C@@]1(O)C(O)=C(C(N)=O)C(=O)C[C@@H]1C2. The van der Waals surface area contributed by atoms with Crippen molar-refractivity contribution in [2.45, 2.75) is 25.4 Å². The third-order valence-electron chi connectivity index (χ3n) is 5.84. The predicted molar refractivity (Wildman–Crippen MR) is 97.0 cm³/mol. The predicted octanol–water partition coefficient (Wildman–Crippen LogP) is 0.916. The molecular formula is C20H17NO7. The normalized spacial score (nSPS) is 24.3. The zero-order valence-electron chi connectivity index (χ0n) is 14.8. The number of primary amides is 1. The summed E-state index contributed by atoms with van der Waals surface area (Å²) in [5.74, 6) is -5.94. The maximum atomic E-state index is 13.2. The number of hydrogen-bond acceptors (Lipinski definition) is 7. The van der Waals surface area contributed by atoms with E-state index in [1.165, 1.54) is 6.07 Å². The Morgan fingerprint density at radius 1 is 1.18 bits per heavy atom. The van der Waals surface area contributed by atoms with Crippen LogP contribution in [0.2, 0.25) is 0 Å². The number of aliphatic hydroxyl groups is 2. The van der Waals surface area contributed by atoms with Crippen molar-refractivity contribution >= 4 is 28.2 Å². The van der Waals surface area contributed by atoms with Crippen molar-refractivity contribution < 1.29 is 34.8 Å². The summed E-state index contributed by atoms with van der Waals surface area (Å²) in [5, 5.41) is 43.0. The van der Waals surface area contributed by atoms with Gasteiger partial charge in [0.05, 0.1) is 10.9 Å². The van der Waals surface area contributed by atoms with Crippen molar-refractivity contribution in [2.24, 2.45) is 11.7 Å². The third kappa shape index (κ3) is 2.00. The van der Waals surface area contributed by atoms with Crippen LogP contribution in [0.3, 0.4) is 0 Å². The van der Waals surface area contributed by atoms with Gasteiger partial charge in [-0.05, 0) is 35.9 Å². The number of phenols is 2. The Bertz CT molecular complexity index is 1150. The van der Waals surface area contributed by atoms with Crippen LogP contribution in [0.1, 0.15) is 27.9 Å². The van der Waals surface area contributed by atoms with Crippen LogP contribution in [0.25, 0.3) is 10.8 Å². The van der Waals surface area contributed by atoms with Crippen molar-refractivity contribution in [1.29, 1.82) is 0 Å². The van der Waals surface area contributed by atoms with E-state index in [-0.39, 0.29) is 29.5 Å². The molecule has 28 heavy (non-hydrogen) atoms. The van der Waals surface area contributed by atoms with Gasteiger partial charge in [0, 0.05) is 12.3 Å². The molecule has 144 valence electrons. The number of aryl methyl sites for hydroxylation is 1. The lowest BCUT2D eigenvalue weighted by Crippen LogP contribution is -2.56. The molecule has 0 radical (unpaired) electrons. The Morgan fingerprint density at radius 2 is 1.86 bits per heavy atom. The molecule has 0 saturated carbocycles. The highest BCUT2D eigenvalue weighted by Crippen LogP contribution is 2.49. The second-order valence-corrected chi connectivity index (χ2v) is 7.24. The minimum absolute atomic E-state index is 0.00437. The van der Waals surface area contributed by atoms with Crippen molar-refractivity contribution in [3.63, 3.8) is 0 Å². The van der Waals surface area contributed by atoms with Gasteiger partial charge in [0.2, 0.25) is 5.78 Å². The molecule has 0 fully saturated rings. The molecule has 0 saturated heterocycles. The van der Waals surface area contributed by atoms with Crippen LogP contribution in [-0.4, -0.2) is 43.5 Å². The van der Waals surface area contributed by atoms with E-state index < -0.39 is 46.1 Å². The highest BCUT2D eigenvalue weighted by molar-refractivity contribution is 6.23. The monoisotopic (exact) mass is 383 g/mol. The minimum Gasteiger partial charge on any atom is -0.508 e. The summed E-state index contributed by atoms with van der Waals surface area (Å²) >= 11 is 0. The lowest BCUT2D eigenvalue weighted by Gasteiger charge is -2.42. The molecule has 8 nitrogen and oxygen atoms in total. The Kier molecular flexibility index (Phi) is 3.57. The lowest BCUT2D eigenvalue weighted by molar-refractivity contribution is -0.125. The average molecular weight is 383 g/mol. The van der Waals surface area contributed by atoms with E-state index in [4.69, 9.17) is 5.73 Å². The Morgan fingerprint density at radius 3 is 2.50 bits per heavy atom. The number of carbonyl (C=O) groups excluding carboxylic acids is 3. The number of benzene rings is 2. The molecule has 0 bridgehead atoms. The second kappa shape index (κ2) is 5.56. The number of phenolic OH excluding ortho intramolecular Hbond substituents is 2. The summed E-state index contributed by atoms with van der Waals surface area (Å²) in [6.07, 6.45) is -0.354. The van der Waals surface area contributed by atoms with E-state index in [0.717, 1.165) is 0 Å². The quantitative estimate of drug-likeness (QED) is 0.458. The van der Waals surface area contributed by atoms with Crippen LogP contribution in [0.4, 0.5) is 0 Å². The molecule has 2 atom stereocenters. The number of carbonyl (C=O) groups is 3. The molecule has 4 rings (SSSR count). The van der Waals surface area contributed by atoms with Crippen LogP contribution in [-0.2, 0) is 16.0 Å². The molecule has 0 heterocycles. The molecular weight excluding hydrogens is 366 g/mol. The Balaban J connectivity index is 2.07. The number of fused-ring (bicyclic) bond motifs is 3. The van der Waals surface area contributed by atoms with Crippen LogP contribution in [0, 0.1) is 12.8 Å². The van der Waals surface area contributed by atoms with Crippen LogP contribution < -0.4 is 5.73 Å². The molecule has 2 aromatic carbocycles. The van der Waals surface area contributed by atoms with Gasteiger partial charge in [0.1, 0.15) is 22.8 Å². The Labute approximate surface area is 158 Å². The molecule has 8 heteroatoms. The van der Waals surface area contributed by atoms with Crippen LogP contribution in [0.15, 0.2) is 29.5 Å². The first-order valence-corrected chi connectivity index (χ1v) is 8.60. The van der Waals surface area contributed by atoms with Gasteiger partial charge in [-0.3, -0.25) is 14.4 Å². The molecule has 0 aliphatic heterocycles. The molecule has 2 aliphatic carbocycles. The van der Waals surface area contributed by atoms with Gasteiger partial charge in [-0.2, -0.15) is 0 Å². The topological polar surface area (TPSA) is 158 Å². The van der Waals surface area contributed by atoms with E-state index in [1.54, 1.807) is 19.1 Å². The maximum Gasteiger partial charge on any atom is 0.255 e. The van der Waals surface area contributed by atoms with Gasteiger partial charge in [0.15, 0.2) is 11.4 Å². The number of rotatable bonds is 1. The number of aliphatic hydroxyl groups excluding tert-OH is 1. The fraction of sp³-hybridized carbons (Fsp3) is 0.250. The summed E-state index contributed by atoms with van der Waals surface area (Å²) < 4.78 is 0.